The van der Waals surface area contributed by atoms with E-state index in [0.29, 0.717) is 19.7 Å². The third-order valence-electron chi connectivity index (χ3n) is 3.58. The molecule has 1 aromatic rings. The Bertz CT molecular complexity index is 463. The molecule has 1 aromatic carbocycles. The Morgan fingerprint density at radius 3 is 2.95 bits per heavy atom. The Labute approximate surface area is 118 Å². The Balaban J connectivity index is 2.12. The fraction of sp³-hybridized carbons (Fsp3) is 0.533. The van der Waals surface area contributed by atoms with Crippen LogP contribution in [0.4, 0.5) is 0 Å². The van der Waals surface area contributed by atoms with Crippen molar-refractivity contribution in [1.82, 2.24) is 4.90 Å². The van der Waals surface area contributed by atoms with Gasteiger partial charge in [-0.15, -0.1) is 0 Å². The highest BCUT2D eigenvalue weighted by molar-refractivity contribution is 5.76. The second-order valence-electron chi connectivity index (χ2n) is 5.00. The highest BCUT2D eigenvalue weighted by atomic mass is 16.5. The van der Waals surface area contributed by atoms with Gasteiger partial charge in [-0.05, 0) is 24.5 Å². The molecule has 1 aliphatic heterocycles. The molecule has 2 unspecified atom stereocenters. The summed E-state index contributed by atoms with van der Waals surface area (Å²) >= 11 is 0. The first-order valence-electron chi connectivity index (χ1n) is 6.94. The number of carbonyl (C=O) groups is 1. The summed E-state index contributed by atoms with van der Waals surface area (Å²) in [5, 5.41) is 19.4. The third-order valence-corrected chi connectivity index (χ3v) is 3.58. The summed E-state index contributed by atoms with van der Waals surface area (Å²) in [6.07, 6.45) is 0.142. The van der Waals surface area contributed by atoms with Crippen molar-refractivity contribution in [3.63, 3.8) is 0 Å². The number of carboxylic acids is 1. The Morgan fingerprint density at radius 1 is 1.50 bits per heavy atom. The summed E-state index contributed by atoms with van der Waals surface area (Å²) in [6.45, 7) is 3.59. The van der Waals surface area contributed by atoms with Gasteiger partial charge in [0.15, 0.2) is 0 Å². The average molecular weight is 279 g/mol. The Kier molecular flexibility index (Phi) is 5.11. The molecule has 5 heteroatoms. The van der Waals surface area contributed by atoms with Gasteiger partial charge in [0.2, 0.25) is 0 Å². The summed E-state index contributed by atoms with van der Waals surface area (Å²) < 4.78 is 5.18. The molecule has 0 aliphatic carbocycles. The van der Waals surface area contributed by atoms with E-state index in [9.17, 15) is 15.0 Å². The number of fused-ring (bicyclic) bond motifs is 1. The molecule has 0 saturated carbocycles. The molecule has 2 atom stereocenters. The van der Waals surface area contributed by atoms with E-state index in [1.165, 1.54) is 0 Å². The van der Waals surface area contributed by atoms with E-state index in [1.807, 2.05) is 36.1 Å². The van der Waals surface area contributed by atoms with Crippen LogP contribution < -0.4 is 0 Å². The highest BCUT2D eigenvalue weighted by Gasteiger charge is 2.33. The molecule has 0 saturated heterocycles. The number of nitrogens with zero attached hydrogens (tertiary/aromatic N) is 1. The maximum absolute atomic E-state index is 11.6. The second-order valence-corrected chi connectivity index (χ2v) is 5.00. The molecule has 0 amide bonds. The molecule has 2 rings (SSSR count). The number of β-amino-alcohol motifs (C(OH)–C–C–N with tert-alkyl or cyclic N) is 1. The maximum atomic E-state index is 11.6. The molecular weight excluding hydrogens is 258 g/mol. The first kappa shape index (κ1) is 15.0. The average Bonchev–Trinajstić information content (AvgIpc) is 2.44. The lowest BCUT2D eigenvalue weighted by molar-refractivity contribution is -0.144. The quantitative estimate of drug-likeness (QED) is 0.815. The van der Waals surface area contributed by atoms with Crippen LogP contribution in [0.15, 0.2) is 24.3 Å². The molecule has 0 spiro atoms. The predicted molar refractivity (Wildman–Crippen MR) is 74.6 cm³/mol. The fourth-order valence-corrected chi connectivity index (χ4v) is 2.68. The van der Waals surface area contributed by atoms with Gasteiger partial charge in [-0.2, -0.15) is 0 Å². The van der Waals surface area contributed by atoms with Crippen molar-refractivity contribution in [3.05, 3.63) is 35.4 Å². The van der Waals surface area contributed by atoms with E-state index in [2.05, 4.69) is 0 Å². The topological polar surface area (TPSA) is 70.0 Å². The van der Waals surface area contributed by atoms with Crippen molar-refractivity contribution >= 4 is 5.97 Å². The number of hydrogen-bond donors (Lipinski definition) is 2. The smallest absolute Gasteiger partial charge is 0.325 e. The Hall–Kier alpha value is -1.43. The van der Waals surface area contributed by atoms with Crippen molar-refractivity contribution in [2.75, 3.05) is 26.3 Å². The van der Waals surface area contributed by atoms with Crippen LogP contribution >= 0.6 is 0 Å². The molecule has 1 aliphatic rings. The van der Waals surface area contributed by atoms with Gasteiger partial charge in [-0.1, -0.05) is 24.3 Å². The van der Waals surface area contributed by atoms with E-state index in [4.69, 9.17) is 4.74 Å². The maximum Gasteiger partial charge on any atom is 0.325 e. The van der Waals surface area contributed by atoms with Crippen molar-refractivity contribution < 1.29 is 19.7 Å². The number of ether oxygens (including phenoxy) is 1. The zero-order chi connectivity index (χ0) is 14.5. The minimum absolute atomic E-state index is 0.237. The first-order valence-corrected chi connectivity index (χ1v) is 6.94. The zero-order valence-corrected chi connectivity index (χ0v) is 11.7. The Morgan fingerprint density at radius 2 is 2.25 bits per heavy atom. The zero-order valence-electron chi connectivity index (χ0n) is 11.7. The standard InChI is InChI=1S/C15H21NO4/c1-2-20-10-12(17)9-16-8-7-11-5-3-4-6-13(11)14(16)15(18)19/h3-6,12,14,17H,2,7-10H2,1H3,(H,18,19). The number of aliphatic hydroxyl groups is 1. The largest absolute Gasteiger partial charge is 0.480 e. The fourth-order valence-electron chi connectivity index (χ4n) is 2.68. The number of rotatable bonds is 6. The van der Waals surface area contributed by atoms with Crippen LogP contribution in [0.25, 0.3) is 0 Å². The van der Waals surface area contributed by atoms with E-state index in [1.54, 1.807) is 0 Å². The van der Waals surface area contributed by atoms with E-state index < -0.39 is 18.1 Å². The lowest BCUT2D eigenvalue weighted by Gasteiger charge is -2.35. The van der Waals surface area contributed by atoms with Crippen LogP contribution in [-0.4, -0.2) is 53.5 Å². The molecule has 0 aromatic heterocycles. The molecule has 20 heavy (non-hydrogen) atoms. The van der Waals surface area contributed by atoms with Gasteiger partial charge in [-0.25, -0.2) is 0 Å². The van der Waals surface area contributed by atoms with Crippen LogP contribution in [-0.2, 0) is 16.0 Å². The molecule has 2 N–H and O–H groups in total. The molecule has 5 nitrogen and oxygen atoms in total. The number of aliphatic hydroxyl groups excluding tert-OH is 1. The van der Waals surface area contributed by atoms with Gasteiger partial charge >= 0.3 is 5.97 Å². The summed E-state index contributed by atoms with van der Waals surface area (Å²) in [5.74, 6) is -0.874. The normalized spacial score (nSPS) is 20.4. The summed E-state index contributed by atoms with van der Waals surface area (Å²) in [4.78, 5) is 13.4. The lowest BCUT2D eigenvalue weighted by atomic mass is 9.92. The summed E-state index contributed by atoms with van der Waals surface area (Å²) in [5.41, 5.74) is 1.91. The van der Waals surface area contributed by atoms with Crippen LogP contribution in [0.2, 0.25) is 0 Å². The lowest BCUT2D eigenvalue weighted by Crippen LogP contribution is -2.44. The van der Waals surface area contributed by atoms with Crippen molar-refractivity contribution in [2.45, 2.75) is 25.5 Å². The van der Waals surface area contributed by atoms with E-state index >= 15 is 0 Å². The van der Waals surface area contributed by atoms with Gasteiger partial charge in [0.05, 0.1) is 12.7 Å². The SMILES string of the molecule is CCOCC(O)CN1CCc2ccccc2C1C(=O)O. The van der Waals surface area contributed by atoms with Crippen molar-refractivity contribution in [2.24, 2.45) is 0 Å². The van der Waals surface area contributed by atoms with E-state index in [-0.39, 0.29) is 6.61 Å². The van der Waals surface area contributed by atoms with Crippen molar-refractivity contribution in [1.29, 1.82) is 0 Å². The van der Waals surface area contributed by atoms with Crippen LogP contribution in [0.3, 0.4) is 0 Å². The van der Waals surface area contributed by atoms with Gasteiger partial charge in [0, 0.05) is 19.7 Å². The van der Waals surface area contributed by atoms with Gasteiger partial charge in [-0.3, -0.25) is 9.69 Å². The summed E-state index contributed by atoms with van der Waals surface area (Å²) in [7, 11) is 0. The minimum Gasteiger partial charge on any atom is -0.480 e. The van der Waals surface area contributed by atoms with Gasteiger partial charge in [0.1, 0.15) is 6.04 Å². The predicted octanol–water partition coefficient (Wildman–Crippen LogP) is 1.07. The van der Waals surface area contributed by atoms with E-state index in [0.717, 1.165) is 17.5 Å². The van der Waals surface area contributed by atoms with Crippen molar-refractivity contribution in [3.8, 4) is 0 Å². The first-order chi connectivity index (χ1) is 9.63. The highest BCUT2D eigenvalue weighted by Crippen LogP contribution is 2.29. The van der Waals surface area contributed by atoms with Crippen LogP contribution in [0, 0.1) is 0 Å². The van der Waals surface area contributed by atoms with Crippen LogP contribution in [0.5, 0.6) is 0 Å². The molecule has 0 fully saturated rings. The van der Waals surface area contributed by atoms with Crippen LogP contribution in [0.1, 0.15) is 24.1 Å². The van der Waals surface area contributed by atoms with Gasteiger partial charge in [0.25, 0.3) is 0 Å². The number of hydrogen-bond acceptors (Lipinski definition) is 4. The minimum atomic E-state index is -0.874. The molecule has 1 heterocycles. The number of benzene rings is 1. The molecule has 0 bridgehead atoms. The molecule has 0 radical (unpaired) electrons. The van der Waals surface area contributed by atoms with Gasteiger partial charge < -0.3 is 14.9 Å². The second kappa shape index (κ2) is 6.83. The summed E-state index contributed by atoms with van der Waals surface area (Å²) in [6, 6.07) is 6.93. The third kappa shape index (κ3) is 3.36. The number of carboxylic acid groups (broad SMARTS) is 1. The molecular formula is C15H21NO4. The molecule has 110 valence electrons. The monoisotopic (exact) mass is 279 g/mol. The number of aliphatic carboxylic acids is 1.